The molecule has 7 heteroatoms. The van der Waals surface area contributed by atoms with Gasteiger partial charge in [-0.25, -0.2) is 4.98 Å². The molecule has 108 valence electrons. The van der Waals surface area contributed by atoms with E-state index in [-0.39, 0.29) is 5.91 Å². The maximum atomic E-state index is 12.5. The molecule has 22 heavy (non-hydrogen) atoms. The number of rotatable bonds is 2. The summed E-state index contributed by atoms with van der Waals surface area (Å²) in [6.07, 6.45) is 4.95. The van der Waals surface area contributed by atoms with E-state index < -0.39 is 6.04 Å². The van der Waals surface area contributed by atoms with Crippen molar-refractivity contribution in [2.45, 2.75) is 6.04 Å². The van der Waals surface area contributed by atoms with Crippen LogP contribution in [0, 0.1) is 0 Å². The molecular weight excluding hydrogens is 298 g/mol. The van der Waals surface area contributed by atoms with E-state index in [1.807, 2.05) is 29.6 Å². The molecule has 1 amide bonds. The second-order valence-corrected chi connectivity index (χ2v) is 5.73. The van der Waals surface area contributed by atoms with Gasteiger partial charge in [0, 0.05) is 23.5 Å². The third kappa shape index (κ3) is 2.11. The van der Waals surface area contributed by atoms with Gasteiger partial charge in [0.2, 0.25) is 0 Å². The highest BCUT2D eigenvalue weighted by molar-refractivity contribution is 7.12. The van der Waals surface area contributed by atoms with Crippen LogP contribution in [0.15, 0.2) is 53.2 Å². The standard InChI is InChI=1S/C15H11N5OS/c21-15-12(9-7-17-18-8-9)19-13(11-4-2-6-22-11)10-3-1-5-16-14(10)20-15/h1-8,12H,(H,17,18)(H,16,20,21). The number of aromatic nitrogens is 3. The Morgan fingerprint density at radius 2 is 2.18 bits per heavy atom. The number of amides is 1. The third-order valence-electron chi connectivity index (χ3n) is 3.40. The van der Waals surface area contributed by atoms with Gasteiger partial charge >= 0.3 is 0 Å². The Balaban J connectivity index is 1.92. The van der Waals surface area contributed by atoms with Crippen LogP contribution in [0.1, 0.15) is 22.0 Å². The number of carbonyl (C=O) groups is 1. The first-order valence-electron chi connectivity index (χ1n) is 6.69. The highest BCUT2D eigenvalue weighted by Gasteiger charge is 2.28. The summed E-state index contributed by atoms with van der Waals surface area (Å²) < 4.78 is 0. The lowest BCUT2D eigenvalue weighted by Gasteiger charge is -2.07. The zero-order chi connectivity index (χ0) is 14.9. The Kier molecular flexibility index (Phi) is 3.05. The van der Waals surface area contributed by atoms with Crippen molar-refractivity contribution in [3.63, 3.8) is 0 Å². The van der Waals surface area contributed by atoms with Crippen molar-refractivity contribution in [3.8, 4) is 0 Å². The van der Waals surface area contributed by atoms with Gasteiger partial charge in [-0.2, -0.15) is 5.10 Å². The van der Waals surface area contributed by atoms with Crippen LogP contribution in [0.3, 0.4) is 0 Å². The minimum Gasteiger partial charge on any atom is -0.308 e. The minimum atomic E-state index is -0.648. The van der Waals surface area contributed by atoms with Gasteiger partial charge < -0.3 is 5.32 Å². The topological polar surface area (TPSA) is 83.0 Å². The molecule has 0 radical (unpaired) electrons. The van der Waals surface area contributed by atoms with Crippen LogP contribution in [0.25, 0.3) is 0 Å². The number of thiophene rings is 1. The summed E-state index contributed by atoms with van der Waals surface area (Å²) in [6.45, 7) is 0. The molecule has 1 aliphatic heterocycles. The van der Waals surface area contributed by atoms with Gasteiger partial charge in [-0.1, -0.05) is 6.07 Å². The minimum absolute atomic E-state index is 0.215. The van der Waals surface area contributed by atoms with Crippen molar-refractivity contribution in [2.24, 2.45) is 4.99 Å². The van der Waals surface area contributed by atoms with Crippen LogP contribution in [0.4, 0.5) is 5.82 Å². The first-order valence-corrected chi connectivity index (χ1v) is 7.57. The number of hydrogen-bond donors (Lipinski definition) is 2. The van der Waals surface area contributed by atoms with Gasteiger partial charge in [-0.15, -0.1) is 11.3 Å². The SMILES string of the molecule is O=C1Nc2ncccc2C(c2cccs2)=NC1c1cn[nH]c1. The number of carbonyl (C=O) groups excluding carboxylic acids is 1. The second kappa shape index (κ2) is 5.19. The summed E-state index contributed by atoms with van der Waals surface area (Å²) in [7, 11) is 0. The molecule has 6 nitrogen and oxygen atoms in total. The maximum Gasteiger partial charge on any atom is 0.255 e. The lowest BCUT2D eigenvalue weighted by Crippen LogP contribution is -2.19. The average molecular weight is 309 g/mol. The molecule has 0 saturated heterocycles. The van der Waals surface area contributed by atoms with Crippen LogP contribution < -0.4 is 5.32 Å². The van der Waals surface area contributed by atoms with Crippen molar-refractivity contribution in [3.05, 3.63) is 64.2 Å². The molecule has 0 saturated carbocycles. The molecule has 0 spiro atoms. The maximum absolute atomic E-state index is 12.5. The van der Waals surface area contributed by atoms with Crippen molar-refractivity contribution in [2.75, 3.05) is 5.32 Å². The molecule has 1 unspecified atom stereocenters. The molecule has 3 aromatic rings. The quantitative estimate of drug-likeness (QED) is 0.762. The second-order valence-electron chi connectivity index (χ2n) is 4.78. The fourth-order valence-electron chi connectivity index (χ4n) is 2.38. The molecule has 0 aliphatic carbocycles. The molecule has 1 aliphatic rings. The Hall–Kier alpha value is -2.80. The highest BCUT2D eigenvalue weighted by atomic mass is 32.1. The largest absolute Gasteiger partial charge is 0.308 e. The summed E-state index contributed by atoms with van der Waals surface area (Å²) in [5, 5.41) is 11.5. The highest BCUT2D eigenvalue weighted by Crippen LogP contribution is 2.29. The van der Waals surface area contributed by atoms with Crippen molar-refractivity contribution < 1.29 is 4.79 Å². The number of aliphatic imine (C=N–C) groups is 1. The van der Waals surface area contributed by atoms with Crippen molar-refractivity contribution >= 4 is 28.8 Å². The number of anilines is 1. The number of H-pyrrole nitrogens is 1. The lowest BCUT2D eigenvalue weighted by molar-refractivity contribution is -0.117. The smallest absolute Gasteiger partial charge is 0.255 e. The summed E-state index contributed by atoms with van der Waals surface area (Å²) in [4.78, 5) is 22.5. The van der Waals surface area contributed by atoms with E-state index in [4.69, 9.17) is 4.99 Å². The first kappa shape index (κ1) is 12.9. The van der Waals surface area contributed by atoms with Gasteiger partial charge in [0.05, 0.1) is 16.8 Å². The van der Waals surface area contributed by atoms with Gasteiger partial charge in [0.1, 0.15) is 5.82 Å². The lowest BCUT2D eigenvalue weighted by atomic mass is 10.1. The van der Waals surface area contributed by atoms with Crippen LogP contribution in [0.5, 0.6) is 0 Å². The summed E-state index contributed by atoms with van der Waals surface area (Å²) >= 11 is 1.58. The number of fused-ring (bicyclic) bond motifs is 1. The first-order chi connectivity index (χ1) is 10.8. The van der Waals surface area contributed by atoms with Crippen LogP contribution >= 0.6 is 11.3 Å². The molecule has 3 aromatic heterocycles. The van der Waals surface area contributed by atoms with E-state index in [2.05, 4.69) is 20.5 Å². The zero-order valence-corrected chi connectivity index (χ0v) is 12.2. The van der Waals surface area contributed by atoms with E-state index in [0.717, 1.165) is 21.7 Å². The van der Waals surface area contributed by atoms with E-state index in [0.29, 0.717) is 5.82 Å². The van der Waals surface area contributed by atoms with Crippen LogP contribution in [-0.2, 0) is 4.79 Å². The monoisotopic (exact) mass is 309 g/mol. The average Bonchev–Trinajstić information content (AvgIpc) is 3.20. The van der Waals surface area contributed by atoms with Crippen LogP contribution in [0.2, 0.25) is 0 Å². The number of hydrogen-bond acceptors (Lipinski definition) is 5. The van der Waals surface area contributed by atoms with E-state index in [1.54, 1.807) is 29.9 Å². The summed E-state index contributed by atoms with van der Waals surface area (Å²) in [6, 6.07) is 7.06. The Morgan fingerprint density at radius 1 is 1.23 bits per heavy atom. The predicted molar refractivity (Wildman–Crippen MR) is 84.2 cm³/mol. The van der Waals surface area contributed by atoms with Gasteiger partial charge in [-0.3, -0.25) is 14.9 Å². The molecule has 2 N–H and O–H groups in total. The normalized spacial score (nSPS) is 17.4. The fraction of sp³-hybridized carbons (Fsp3) is 0.0667. The Morgan fingerprint density at radius 3 is 2.95 bits per heavy atom. The molecule has 4 heterocycles. The molecule has 4 rings (SSSR count). The van der Waals surface area contributed by atoms with Gasteiger partial charge in [-0.05, 0) is 23.6 Å². The van der Waals surface area contributed by atoms with Crippen LogP contribution in [-0.4, -0.2) is 26.8 Å². The van der Waals surface area contributed by atoms with Crippen molar-refractivity contribution in [1.29, 1.82) is 0 Å². The Labute approximate surface area is 129 Å². The fourth-order valence-corrected chi connectivity index (χ4v) is 3.12. The predicted octanol–water partition coefficient (Wildman–Crippen LogP) is 2.40. The summed E-state index contributed by atoms with van der Waals surface area (Å²) in [5.41, 5.74) is 2.31. The van der Waals surface area contributed by atoms with E-state index in [1.165, 1.54) is 0 Å². The molecule has 1 atom stereocenters. The Bertz CT molecular complexity index is 839. The molecule has 0 aromatic carbocycles. The molecule has 0 bridgehead atoms. The third-order valence-corrected chi connectivity index (χ3v) is 4.28. The van der Waals surface area contributed by atoms with E-state index in [9.17, 15) is 4.79 Å². The number of nitrogens with zero attached hydrogens (tertiary/aromatic N) is 3. The molecular formula is C15H11N5OS. The molecule has 0 fully saturated rings. The van der Waals surface area contributed by atoms with Gasteiger partial charge in [0.15, 0.2) is 6.04 Å². The number of pyridine rings is 1. The van der Waals surface area contributed by atoms with Gasteiger partial charge in [0.25, 0.3) is 5.91 Å². The number of nitrogens with one attached hydrogen (secondary N) is 2. The van der Waals surface area contributed by atoms with Crippen molar-refractivity contribution in [1.82, 2.24) is 15.2 Å². The van der Waals surface area contributed by atoms with E-state index >= 15 is 0 Å². The number of aromatic amines is 1. The summed E-state index contributed by atoms with van der Waals surface area (Å²) in [5.74, 6) is 0.318. The zero-order valence-electron chi connectivity index (χ0n) is 11.4.